The Morgan fingerprint density at radius 3 is 2.42 bits per heavy atom. The Bertz CT molecular complexity index is 1230. The first-order valence-corrected chi connectivity index (χ1v) is 11.6. The quantitative estimate of drug-likeness (QED) is 0.257. The van der Waals surface area contributed by atoms with Crippen LogP contribution < -0.4 is 15.5 Å². The van der Waals surface area contributed by atoms with Gasteiger partial charge in [0.05, 0.1) is 18.4 Å². The van der Waals surface area contributed by atoms with Crippen molar-refractivity contribution in [2.24, 2.45) is 5.10 Å². The molecule has 2 N–H and O–H groups in total. The average Bonchev–Trinajstić information content (AvgIpc) is 3.16. The standard InChI is InChI=1S/C27H30N4O5/c1-5-35-27(34)21-11-13-23(14-12-21)31-18(2)15-22(20(31)4)16-28-30-26(33)19(3)29-25(32)17-36-24-9-7-6-8-10-24/h6-16,19H,5,17H2,1-4H3,(H,29,32)(H,30,33). The van der Waals surface area contributed by atoms with Crippen LogP contribution in [0.4, 0.5) is 0 Å². The number of para-hydroxylation sites is 1. The zero-order valence-corrected chi connectivity index (χ0v) is 20.8. The van der Waals surface area contributed by atoms with Crippen LogP contribution >= 0.6 is 0 Å². The third-order valence-electron chi connectivity index (χ3n) is 5.37. The summed E-state index contributed by atoms with van der Waals surface area (Å²) in [6, 6.07) is 17.2. The molecule has 3 aromatic rings. The fourth-order valence-corrected chi connectivity index (χ4v) is 3.55. The van der Waals surface area contributed by atoms with Gasteiger partial charge in [-0.25, -0.2) is 10.2 Å². The number of carbonyl (C=O) groups excluding carboxylic acids is 3. The molecule has 2 aromatic carbocycles. The van der Waals surface area contributed by atoms with Crippen LogP contribution in [0.25, 0.3) is 5.69 Å². The fraction of sp³-hybridized carbons (Fsp3) is 0.259. The number of aromatic nitrogens is 1. The summed E-state index contributed by atoms with van der Waals surface area (Å²) in [5.74, 6) is -0.657. The molecule has 0 fully saturated rings. The topological polar surface area (TPSA) is 111 Å². The van der Waals surface area contributed by atoms with Crippen molar-refractivity contribution in [3.63, 3.8) is 0 Å². The van der Waals surface area contributed by atoms with Crippen molar-refractivity contribution in [2.75, 3.05) is 13.2 Å². The Morgan fingerprint density at radius 2 is 1.75 bits per heavy atom. The Kier molecular flexibility index (Phi) is 8.99. The number of nitrogens with zero attached hydrogens (tertiary/aromatic N) is 2. The molecule has 0 aliphatic carbocycles. The van der Waals surface area contributed by atoms with E-state index in [1.54, 1.807) is 56.5 Å². The minimum Gasteiger partial charge on any atom is -0.484 e. The van der Waals surface area contributed by atoms with Crippen LogP contribution in [-0.4, -0.2) is 47.8 Å². The number of ether oxygens (including phenoxy) is 2. The molecule has 0 aliphatic heterocycles. The van der Waals surface area contributed by atoms with Crippen LogP contribution in [-0.2, 0) is 14.3 Å². The molecule has 2 amide bonds. The van der Waals surface area contributed by atoms with Gasteiger partial charge in [-0.15, -0.1) is 0 Å². The lowest BCUT2D eigenvalue weighted by atomic mass is 10.2. The van der Waals surface area contributed by atoms with E-state index in [4.69, 9.17) is 9.47 Å². The second-order valence-corrected chi connectivity index (χ2v) is 8.05. The van der Waals surface area contributed by atoms with E-state index in [1.165, 1.54) is 0 Å². The molecular formula is C27H30N4O5. The van der Waals surface area contributed by atoms with E-state index in [-0.39, 0.29) is 12.6 Å². The van der Waals surface area contributed by atoms with Crippen LogP contribution in [0.3, 0.4) is 0 Å². The summed E-state index contributed by atoms with van der Waals surface area (Å²) >= 11 is 0. The number of amides is 2. The molecule has 3 rings (SSSR count). The number of hydrazone groups is 1. The lowest BCUT2D eigenvalue weighted by Gasteiger charge is -2.12. The van der Waals surface area contributed by atoms with Crippen LogP contribution in [0, 0.1) is 13.8 Å². The second kappa shape index (κ2) is 12.3. The zero-order valence-electron chi connectivity index (χ0n) is 20.8. The van der Waals surface area contributed by atoms with Gasteiger partial charge >= 0.3 is 5.97 Å². The van der Waals surface area contributed by atoms with Gasteiger partial charge in [0.1, 0.15) is 11.8 Å². The molecule has 1 unspecified atom stereocenters. The molecule has 1 atom stereocenters. The minimum absolute atomic E-state index is 0.197. The molecule has 1 heterocycles. The van der Waals surface area contributed by atoms with Crippen LogP contribution in [0.2, 0.25) is 0 Å². The van der Waals surface area contributed by atoms with Gasteiger partial charge in [0.2, 0.25) is 0 Å². The Labute approximate surface area is 210 Å². The smallest absolute Gasteiger partial charge is 0.338 e. The van der Waals surface area contributed by atoms with E-state index < -0.39 is 17.9 Å². The van der Waals surface area contributed by atoms with E-state index in [0.29, 0.717) is 17.9 Å². The molecule has 36 heavy (non-hydrogen) atoms. The highest BCUT2D eigenvalue weighted by atomic mass is 16.5. The van der Waals surface area contributed by atoms with E-state index in [1.807, 2.05) is 42.7 Å². The van der Waals surface area contributed by atoms with Crippen molar-refractivity contribution < 1.29 is 23.9 Å². The molecule has 0 spiro atoms. The highest BCUT2D eigenvalue weighted by Gasteiger charge is 2.16. The number of hydrogen-bond acceptors (Lipinski definition) is 6. The van der Waals surface area contributed by atoms with Gasteiger partial charge in [0.25, 0.3) is 11.8 Å². The molecule has 188 valence electrons. The van der Waals surface area contributed by atoms with E-state index >= 15 is 0 Å². The van der Waals surface area contributed by atoms with Crippen molar-refractivity contribution >= 4 is 24.0 Å². The minimum atomic E-state index is -0.792. The largest absolute Gasteiger partial charge is 0.484 e. The first kappa shape index (κ1) is 26.2. The maximum Gasteiger partial charge on any atom is 0.338 e. The van der Waals surface area contributed by atoms with Crippen LogP contribution in [0.1, 0.15) is 41.2 Å². The lowest BCUT2D eigenvalue weighted by Crippen LogP contribution is -2.45. The van der Waals surface area contributed by atoms with E-state index in [0.717, 1.165) is 22.6 Å². The number of aryl methyl sites for hydroxylation is 1. The van der Waals surface area contributed by atoms with Gasteiger partial charge in [0.15, 0.2) is 6.61 Å². The summed E-state index contributed by atoms with van der Waals surface area (Å²) in [5.41, 5.74) is 6.51. The Morgan fingerprint density at radius 1 is 1.06 bits per heavy atom. The maximum atomic E-state index is 12.3. The van der Waals surface area contributed by atoms with Gasteiger partial charge in [-0.3, -0.25) is 9.59 Å². The van der Waals surface area contributed by atoms with Gasteiger partial charge in [-0.2, -0.15) is 5.10 Å². The van der Waals surface area contributed by atoms with Crippen molar-refractivity contribution in [3.05, 3.63) is 83.2 Å². The molecule has 0 saturated heterocycles. The Balaban J connectivity index is 1.56. The summed E-state index contributed by atoms with van der Waals surface area (Å²) in [4.78, 5) is 36.3. The molecule has 1 aromatic heterocycles. The number of rotatable bonds is 10. The molecule has 9 heteroatoms. The average molecular weight is 491 g/mol. The lowest BCUT2D eigenvalue weighted by molar-refractivity contribution is -0.129. The fourth-order valence-electron chi connectivity index (χ4n) is 3.55. The van der Waals surface area contributed by atoms with E-state index in [2.05, 4.69) is 15.8 Å². The molecule has 0 saturated carbocycles. The van der Waals surface area contributed by atoms with E-state index in [9.17, 15) is 14.4 Å². The summed E-state index contributed by atoms with van der Waals surface area (Å²) in [5, 5.41) is 6.63. The third-order valence-corrected chi connectivity index (χ3v) is 5.37. The van der Waals surface area contributed by atoms with Gasteiger partial charge in [-0.05, 0) is 70.2 Å². The number of nitrogens with one attached hydrogen (secondary N) is 2. The number of hydrogen-bond donors (Lipinski definition) is 2. The van der Waals surface area contributed by atoms with Gasteiger partial charge in [-0.1, -0.05) is 18.2 Å². The predicted octanol–water partition coefficient (Wildman–Crippen LogP) is 3.30. The maximum absolute atomic E-state index is 12.3. The van der Waals surface area contributed by atoms with Crippen molar-refractivity contribution in [1.29, 1.82) is 0 Å². The number of esters is 1. The zero-order chi connectivity index (χ0) is 26.1. The summed E-state index contributed by atoms with van der Waals surface area (Å²) in [6.07, 6.45) is 1.55. The number of carbonyl (C=O) groups is 3. The normalized spacial score (nSPS) is 11.7. The SMILES string of the molecule is CCOC(=O)c1ccc(-n2c(C)cc(C=NNC(=O)C(C)NC(=O)COc3ccccc3)c2C)cc1. The monoisotopic (exact) mass is 490 g/mol. The summed E-state index contributed by atoms with van der Waals surface area (Å²) in [7, 11) is 0. The van der Waals surface area contributed by atoms with Crippen molar-refractivity contribution in [2.45, 2.75) is 33.7 Å². The predicted molar refractivity (Wildman–Crippen MR) is 136 cm³/mol. The summed E-state index contributed by atoms with van der Waals surface area (Å²) in [6.45, 7) is 7.35. The van der Waals surface area contributed by atoms with Crippen LogP contribution in [0.15, 0.2) is 65.8 Å². The Hall–Kier alpha value is -4.40. The van der Waals surface area contributed by atoms with Crippen molar-refractivity contribution in [3.8, 4) is 11.4 Å². The van der Waals surface area contributed by atoms with Gasteiger partial charge < -0.3 is 19.4 Å². The third kappa shape index (κ3) is 6.82. The highest BCUT2D eigenvalue weighted by Crippen LogP contribution is 2.20. The first-order valence-electron chi connectivity index (χ1n) is 11.6. The highest BCUT2D eigenvalue weighted by molar-refractivity contribution is 5.90. The molecule has 0 bridgehead atoms. The van der Waals surface area contributed by atoms with Crippen LogP contribution in [0.5, 0.6) is 5.75 Å². The number of benzene rings is 2. The molecule has 9 nitrogen and oxygen atoms in total. The molecular weight excluding hydrogens is 460 g/mol. The van der Waals surface area contributed by atoms with Crippen molar-refractivity contribution in [1.82, 2.24) is 15.3 Å². The molecule has 0 radical (unpaired) electrons. The first-order chi connectivity index (χ1) is 17.3. The molecule has 0 aliphatic rings. The second-order valence-electron chi connectivity index (χ2n) is 8.05. The summed E-state index contributed by atoms with van der Waals surface area (Å²) < 4.78 is 12.4. The van der Waals surface area contributed by atoms with Gasteiger partial charge in [0, 0.05) is 22.6 Å².